The van der Waals surface area contributed by atoms with Gasteiger partial charge in [0.15, 0.2) is 18.1 Å². The second-order valence-electron chi connectivity index (χ2n) is 8.08. The third kappa shape index (κ3) is 6.22. The van der Waals surface area contributed by atoms with Crippen molar-refractivity contribution in [1.29, 1.82) is 0 Å². The van der Waals surface area contributed by atoms with E-state index in [4.69, 9.17) is 25.8 Å². The maximum atomic E-state index is 12.2. The first-order chi connectivity index (χ1) is 16.9. The third-order valence-corrected chi connectivity index (χ3v) is 5.91. The molecule has 1 atom stereocenters. The van der Waals surface area contributed by atoms with E-state index in [1.807, 2.05) is 61.0 Å². The Morgan fingerprint density at radius 1 is 1.17 bits per heavy atom. The van der Waals surface area contributed by atoms with Crippen molar-refractivity contribution in [2.45, 2.75) is 26.5 Å². The van der Waals surface area contributed by atoms with E-state index in [2.05, 4.69) is 10.4 Å². The quantitative estimate of drug-likeness (QED) is 0.378. The van der Waals surface area contributed by atoms with E-state index in [0.717, 1.165) is 22.5 Å². The Labute approximate surface area is 208 Å². The summed E-state index contributed by atoms with van der Waals surface area (Å²) in [7, 11) is 0. The second kappa shape index (κ2) is 11.1. The molecule has 1 aromatic heterocycles. The summed E-state index contributed by atoms with van der Waals surface area (Å²) in [5.41, 5.74) is 3.43. The first-order valence-corrected chi connectivity index (χ1v) is 11.6. The Morgan fingerprint density at radius 2 is 1.91 bits per heavy atom. The molecule has 0 spiro atoms. The number of esters is 1. The van der Waals surface area contributed by atoms with Crippen molar-refractivity contribution in [3.63, 3.8) is 0 Å². The first-order valence-electron chi connectivity index (χ1n) is 11.2. The molecule has 0 saturated carbocycles. The lowest BCUT2D eigenvalue weighted by Crippen LogP contribution is -2.42. The predicted molar refractivity (Wildman–Crippen MR) is 132 cm³/mol. The third-order valence-electron chi connectivity index (χ3n) is 5.54. The summed E-state index contributed by atoms with van der Waals surface area (Å²) in [5, 5.41) is 7.91. The Kier molecular flexibility index (Phi) is 7.72. The predicted octanol–water partition coefficient (Wildman–Crippen LogP) is 3.71. The molecule has 1 amide bonds. The first kappa shape index (κ1) is 24.3. The Hall–Kier alpha value is -3.78. The number of halogens is 1. The second-order valence-corrected chi connectivity index (χ2v) is 8.48. The van der Waals surface area contributed by atoms with E-state index in [0.29, 0.717) is 29.7 Å². The molecule has 9 heteroatoms. The number of para-hydroxylation sites is 2. The molecule has 182 valence electrons. The van der Waals surface area contributed by atoms with Crippen LogP contribution >= 0.6 is 11.6 Å². The van der Waals surface area contributed by atoms with E-state index in [1.165, 1.54) is 6.08 Å². The highest BCUT2D eigenvalue weighted by Gasteiger charge is 2.21. The van der Waals surface area contributed by atoms with Gasteiger partial charge in [-0.3, -0.25) is 9.48 Å². The average molecular weight is 496 g/mol. The lowest BCUT2D eigenvalue weighted by Gasteiger charge is -2.26. The van der Waals surface area contributed by atoms with Gasteiger partial charge in [-0.2, -0.15) is 5.10 Å². The number of nitrogens with one attached hydrogen (secondary N) is 1. The van der Waals surface area contributed by atoms with Gasteiger partial charge in [0.1, 0.15) is 12.7 Å². The molecule has 0 fully saturated rings. The molecule has 3 aromatic rings. The van der Waals surface area contributed by atoms with E-state index in [1.54, 1.807) is 12.1 Å². The summed E-state index contributed by atoms with van der Waals surface area (Å²) in [6.45, 7) is 4.48. The molecule has 0 saturated heterocycles. The van der Waals surface area contributed by atoms with Crippen LogP contribution in [0, 0.1) is 13.8 Å². The summed E-state index contributed by atoms with van der Waals surface area (Å²) >= 11 is 6.26. The van der Waals surface area contributed by atoms with E-state index in [-0.39, 0.29) is 12.6 Å². The SMILES string of the molecule is Cc1nn(Cc2ccccc2Cl)c(C)c1C=CC(=O)OCC(=O)NCC1COc2ccccc2O1. The largest absolute Gasteiger partial charge is 0.486 e. The van der Waals surface area contributed by atoms with Gasteiger partial charge in [-0.1, -0.05) is 41.9 Å². The van der Waals surface area contributed by atoms with E-state index < -0.39 is 18.5 Å². The number of ether oxygens (including phenoxy) is 3. The molecule has 4 rings (SSSR count). The zero-order valence-corrected chi connectivity index (χ0v) is 20.2. The number of nitrogens with zero attached hydrogens (tertiary/aromatic N) is 2. The van der Waals surface area contributed by atoms with Gasteiger partial charge in [-0.25, -0.2) is 4.79 Å². The van der Waals surface area contributed by atoms with Gasteiger partial charge in [0.25, 0.3) is 5.91 Å². The number of hydrogen-bond donors (Lipinski definition) is 1. The van der Waals surface area contributed by atoms with Crippen molar-refractivity contribution >= 4 is 29.6 Å². The van der Waals surface area contributed by atoms with Gasteiger partial charge < -0.3 is 19.5 Å². The highest BCUT2D eigenvalue weighted by Crippen LogP contribution is 2.30. The van der Waals surface area contributed by atoms with Crippen molar-refractivity contribution in [3.05, 3.63) is 82.1 Å². The van der Waals surface area contributed by atoms with Crippen LogP contribution in [0.15, 0.2) is 54.6 Å². The number of carbonyl (C=O) groups excluding carboxylic acids is 2. The van der Waals surface area contributed by atoms with Crippen molar-refractivity contribution in [2.75, 3.05) is 19.8 Å². The van der Waals surface area contributed by atoms with Crippen LogP contribution in [0.3, 0.4) is 0 Å². The van der Waals surface area contributed by atoms with Crippen LogP contribution < -0.4 is 14.8 Å². The molecule has 2 heterocycles. The lowest BCUT2D eigenvalue weighted by molar-refractivity contribution is -0.143. The smallest absolute Gasteiger partial charge is 0.331 e. The number of aryl methyl sites for hydroxylation is 1. The number of benzene rings is 2. The van der Waals surface area contributed by atoms with Gasteiger partial charge in [-0.15, -0.1) is 0 Å². The summed E-state index contributed by atoms with van der Waals surface area (Å²) in [6.07, 6.45) is 2.61. The number of hydrogen-bond acceptors (Lipinski definition) is 6. The Bertz CT molecular complexity index is 1250. The van der Waals surface area contributed by atoms with Crippen LogP contribution in [-0.4, -0.2) is 47.5 Å². The zero-order valence-electron chi connectivity index (χ0n) is 19.5. The van der Waals surface area contributed by atoms with Crippen LogP contribution in [-0.2, 0) is 20.9 Å². The maximum Gasteiger partial charge on any atom is 0.331 e. The van der Waals surface area contributed by atoms with Crippen LogP contribution in [0.2, 0.25) is 5.02 Å². The molecule has 2 aromatic carbocycles. The standard InChI is InChI=1S/C26H26ClN3O5/c1-17-21(18(2)30(29-17)14-19-7-3-4-8-22(19)27)11-12-26(32)34-16-25(31)28-13-20-15-33-23-9-5-6-10-24(23)35-20/h3-12,20H,13-16H2,1-2H3,(H,28,31). The van der Waals surface area contributed by atoms with Crippen LogP contribution in [0.1, 0.15) is 22.5 Å². The van der Waals surface area contributed by atoms with Crippen LogP contribution in [0.4, 0.5) is 0 Å². The fourth-order valence-electron chi connectivity index (χ4n) is 3.67. The summed E-state index contributed by atoms with van der Waals surface area (Å²) < 4.78 is 18.3. The lowest BCUT2D eigenvalue weighted by atomic mass is 10.1. The normalized spacial score (nSPS) is 14.7. The highest BCUT2D eigenvalue weighted by atomic mass is 35.5. The molecule has 1 aliphatic heterocycles. The minimum atomic E-state index is -0.621. The van der Waals surface area contributed by atoms with Gasteiger partial charge in [-0.05, 0) is 43.7 Å². The molecule has 1 unspecified atom stereocenters. The van der Waals surface area contributed by atoms with Crippen molar-refractivity contribution in [2.24, 2.45) is 0 Å². The highest BCUT2D eigenvalue weighted by molar-refractivity contribution is 6.31. The zero-order chi connectivity index (χ0) is 24.8. The van der Waals surface area contributed by atoms with E-state index in [9.17, 15) is 9.59 Å². The average Bonchev–Trinajstić information content (AvgIpc) is 3.13. The minimum absolute atomic E-state index is 0.240. The summed E-state index contributed by atoms with van der Waals surface area (Å²) in [6, 6.07) is 14.9. The number of aromatic nitrogens is 2. The van der Waals surface area contributed by atoms with Gasteiger partial charge in [0.2, 0.25) is 0 Å². The number of carbonyl (C=O) groups is 2. The molecule has 0 radical (unpaired) electrons. The molecule has 0 bridgehead atoms. The van der Waals surface area contributed by atoms with Gasteiger partial charge in [0.05, 0.1) is 18.8 Å². The van der Waals surface area contributed by atoms with Crippen molar-refractivity contribution < 1.29 is 23.8 Å². The summed E-state index contributed by atoms with van der Waals surface area (Å²) in [5.74, 6) is 0.268. The van der Waals surface area contributed by atoms with Crippen LogP contribution in [0.5, 0.6) is 11.5 Å². The fraction of sp³-hybridized carbons (Fsp3) is 0.269. The van der Waals surface area contributed by atoms with Crippen molar-refractivity contribution in [1.82, 2.24) is 15.1 Å². The molecular weight excluding hydrogens is 470 g/mol. The van der Waals surface area contributed by atoms with Crippen LogP contribution in [0.25, 0.3) is 6.08 Å². The number of fused-ring (bicyclic) bond motifs is 1. The Balaban J connectivity index is 1.25. The van der Waals surface area contributed by atoms with Crippen molar-refractivity contribution in [3.8, 4) is 11.5 Å². The monoisotopic (exact) mass is 495 g/mol. The maximum absolute atomic E-state index is 12.2. The topological polar surface area (TPSA) is 91.7 Å². The number of rotatable bonds is 8. The Morgan fingerprint density at radius 3 is 2.71 bits per heavy atom. The molecule has 0 aliphatic carbocycles. The molecule has 1 aliphatic rings. The minimum Gasteiger partial charge on any atom is -0.486 e. The van der Waals surface area contributed by atoms with E-state index >= 15 is 0 Å². The summed E-state index contributed by atoms with van der Waals surface area (Å²) in [4.78, 5) is 24.2. The van der Waals surface area contributed by atoms with Gasteiger partial charge in [0, 0.05) is 22.4 Å². The molecule has 35 heavy (non-hydrogen) atoms. The number of amides is 1. The molecule has 8 nitrogen and oxygen atoms in total. The molecule has 1 N–H and O–H groups in total. The van der Waals surface area contributed by atoms with Gasteiger partial charge >= 0.3 is 5.97 Å². The molecular formula is C26H26ClN3O5. The fourth-order valence-corrected chi connectivity index (χ4v) is 3.87.